The predicted molar refractivity (Wildman–Crippen MR) is 76.5 cm³/mol. The molecule has 1 saturated heterocycles. The third-order valence-corrected chi connectivity index (χ3v) is 3.67. The first-order valence-electron chi connectivity index (χ1n) is 7.14. The van der Waals surface area contributed by atoms with Crippen molar-refractivity contribution in [2.45, 2.75) is 32.8 Å². The fraction of sp³-hybridized carbons (Fsp3) is 0.533. The van der Waals surface area contributed by atoms with Gasteiger partial charge in [0.2, 0.25) is 0 Å². The highest BCUT2D eigenvalue weighted by atomic mass is 16.5. The molecule has 0 radical (unpaired) electrons. The maximum atomic E-state index is 12.4. The summed E-state index contributed by atoms with van der Waals surface area (Å²) in [5, 5.41) is 8.97. The number of aryl methyl sites for hydroxylation is 1. The molecule has 0 spiro atoms. The Morgan fingerprint density at radius 3 is 2.57 bits per heavy atom. The van der Waals surface area contributed by atoms with Gasteiger partial charge in [-0.2, -0.15) is 0 Å². The fourth-order valence-electron chi connectivity index (χ4n) is 2.53. The average molecular weight is 292 g/mol. The molecule has 0 unspecified atom stereocenters. The molecule has 1 fully saturated rings. The van der Waals surface area contributed by atoms with E-state index in [9.17, 15) is 9.59 Å². The molecule has 0 bridgehead atoms. The number of amides is 1. The van der Waals surface area contributed by atoms with E-state index in [1.165, 1.54) is 12.1 Å². The summed E-state index contributed by atoms with van der Waals surface area (Å²) in [5.74, 6) is -1.18. The number of nitrogens with zero attached hydrogens (tertiary/aromatic N) is 2. The van der Waals surface area contributed by atoms with E-state index in [-0.39, 0.29) is 17.6 Å². The maximum absolute atomic E-state index is 12.4. The number of hydrogen-bond acceptors (Lipinski definition) is 4. The van der Waals surface area contributed by atoms with E-state index >= 15 is 0 Å². The minimum atomic E-state index is -1.03. The third-order valence-electron chi connectivity index (χ3n) is 3.67. The van der Waals surface area contributed by atoms with Gasteiger partial charge in [0.1, 0.15) is 5.69 Å². The topological polar surface area (TPSA) is 79.7 Å². The number of hydrogen-bond donors (Lipinski definition) is 1. The van der Waals surface area contributed by atoms with Crippen LogP contribution in [-0.4, -0.2) is 52.7 Å². The Balaban J connectivity index is 2.04. The normalized spacial score (nSPS) is 16.0. The molecule has 2 rings (SSSR count). The van der Waals surface area contributed by atoms with Crippen molar-refractivity contribution >= 4 is 11.9 Å². The lowest BCUT2D eigenvalue weighted by atomic mass is 10.1. The molecule has 1 aromatic rings. The van der Waals surface area contributed by atoms with Gasteiger partial charge >= 0.3 is 5.97 Å². The second-order valence-corrected chi connectivity index (χ2v) is 5.08. The number of carboxylic acid groups (broad SMARTS) is 1. The second-order valence-electron chi connectivity index (χ2n) is 5.08. The van der Waals surface area contributed by atoms with E-state index < -0.39 is 5.97 Å². The van der Waals surface area contributed by atoms with Gasteiger partial charge in [0.15, 0.2) is 0 Å². The number of carbonyl (C=O) groups is 2. The summed E-state index contributed by atoms with van der Waals surface area (Å²) >= 11 is 0. The Labute approximate surface area is 123 Å². The minimum Gasteiger partial charge on any atom is -0.478 e. The van der Waals surface area contributed by atoms with Crippen molar-refractivity contribution in [1.82, 2.24) is 9.88 Å². The quantitative estimate of drug-likeness (QED) is 0.914. The van der Waals surface area contributed by atoms with Gasteiger partial charge in [0, 0.05) is 19.7 Å². The third kappa shape index (κ3) is 3.58. The lowest BCUT2D eigenvalue weighted by molar-refractivity contribution is 0.0144. The number of carbonyl (C=O) groups excluding carboxylic acids is 1. The number of aromatic carboxylic acids is 1. The van der Waals surface area contributed by atoms with Crippen LogP contribution in [0.1, 0.15) is 46.3 Å². The molecule has 1 aromatic heterocycles. The van der Waals surface area contributed by atoms with Crippen LogP contribution in [0.2, 0.25) is 0 Å². The molecule has 0 aliphatic carbocycles. The van der Waals surface area contributed by atoms with Crippen molar-refractivity contribution in [2.24, 2.45) is 0 Å². The first kappa shape index (κ1) is 15.4. The van der Waals surface area contributed by atoms with Crippen molar-refractivity contribution in [3.63, 3.8) is 0 Å². The molecule has 6 nitrogen and oxygen atoms in total. The van der Waals surface area contributed by atoms with Crippen LogP contribution >= 0.6 is 0 Å². The standard InChI is InChI=1S/C15H20N2O4/c1-3-21-11-6-8-17(9-7-11)14(18)13-5-4-12(15(19)20)10(2)16-13/h4-5,11H,3,6-9H2,1-2H3,(H,19,20). The summed E-state index contributed by atoms with van der Waals surface area (Å²) in [6.45, 7) is 5.54. The first-order valence-corrected chi connectivity index (χ1v) is 7.14. The Bertz CT molecular complexity index is 536. The number of rotatable bonds is 4. The van der Waals surface area contributed by atoms with Gasteiger partial charge in [0.25, 0.3) is 5.91 Å². The molecule has 1 N–H and O–H groups in total. The summed E-state index contributed by atoms with van der Waals surface area (Å²) in [4.78, 5) is 29.2. The molecular weight excluding hydrogens is 272 g/mol. The van der Waals surface area contributed by atoms with E-state index in [0.29, 0.717) is 31.1 Å². The highest BCUT2D eigenvalue weighted by Gasteiger charge is 2.25. The van der Waals surface area contributed by atoms with Crippen molar-refractivity contribution in [1.29, 1.82) is 0 Å². The molecule has 6 heteroatoms. The van der Waals surface area contributed by atoms with Crippen molar-refractivity contribution < 1.29 is 19.4 Å². The fourth-order valence-corrected chi connectivity index (χ4v) is 2.53. The molecule has 2 heterocycles. The first-order chi connectivity index (χ1) is 10.0. The molecule has 1 aliphatic rings. The number of likely N-dealkylation sites (tertiary alicyclic amines) is 1. The summed E-state index contributed by atoms with van der Waals surface area (Å²) in [5.41, 5.74) is 0.784. The molecule has 1 amide bonds. The Morgan fingerprint density at radius 1 is 1.38 bits per heavy atom. The van der Waals surface area contributed by atoms with Crippen molar-refractivity contribution in [3.05, 3.63) is 29.1 Å². The van der Waals surface area contributed by atoms with Gasteiger partial charge < -0.3 is 14.7 Å². The largest absolute Gasteiger partial charge is 0.478 e. The summed E-state index contributed by atoms with van der Waals surface area (Å²) < 4.78 is 5.56. The van der Waals surface area contributed by atoms with Crippen LogP contribution in [0.15, 0.2) is 12.1 Å². The zero-order chi connectivity index (χ0) is 15.4. The summed E-state index contributed by atoms with van der Waals surface area (Å²) in [7, 11) is 0. The average Bonchev–Trinajstić information content (AvgIpc) is 2.47. The number of piperidine rings is 1. The highest BCUT2D eigenvalue weighted by molar-refractivity contribution is 5.94. The van der Waals surface area contributed by atoms with Gasteiger partial charge in [-0.05, 0) is 38.8 Å². The van der Waals surface area contributed by atoms with Crippen LogP contribution in [-0.2, 0) is 4.74 Å². The van der Waals surface area contributed by atoms with E-state index in [0.717, 1.165) is 12.8 Å². The van der Waals surface area contributed by atoms with Crippen LogP contribution in [0.3, 0.4) is 0 Å². The Kier molecular flexibility index (Phi) is 4.90. The zero-order valence-corrected chi connectivity index (χ0v) is 12.3. The minimum absolute atomic E-state index is 0.126. The molecule has 1 aliphatic heterocycles. The summed E-state index contributed by atoms with van der Waals surface area (Å²) in [6.07, 6.45) is 1.88. The van der Waals surface area contributed by atoms with E-state index in [4.69, 9.17) is 9.84 Å². The van der Waals surface area contributed by atoms with Crippen molar-refractivity contribution in [3.8, 4) is 0 Å². The number of aromatic nitrogens is 1. The van der Waals surface area contributed by atoms with Crippen LogP contribution in [0.4, 0.5) is 0 Å². The van der Waals surface area contributed by atoms with E-state index in [1.54, 1.807) is 11.8 Å². The lowest BCUT2D eigenvalue weighted by Gasteiger charge is -2.31. The van der Waals surface area contributed by atoms with Gasteiger partial charge in [-0.25, -0.2) is 9.78 Å². The second kappa shape index (κ2) is 6.67. The van der Waals surface area contributed by atoms with Gasteiger partial charge in [-0.3, -0.25) is 4.79 Å². The Morgan fingerprint density at radius 2 is 2.05 bits per heavy atom. The van der Waals surface area contributed by atoms with Crippen LogP contribution in [0.25, 0.3) is 0 Å². The lowest BCUT2D eigenvalue weighted by Crippen LogP contribution is -2.41. The molecule has 0 saturated carbocycles. The van der Waals surface area contributed by atoms with Crippen LogP contribution in [0.5, 0.6) is 0 Å². The highest BCUT2D eigenvalue weighted by Crippen LogP contribution is 2.16. The molecule has 114 valence electrons. The molecule has 0 aromatic carbocycles. The van der Waals surface area contributed by atoms with E-state index in [1.807, 2.05) is 6.92 Å². The maximum Gasteiger partial charge on any atom is 0.337 e. The Hall–Kier alpha value is -1.95. The van der Waals surface area contributed by atoms with E-state index in [2.05, 4.69) is 4.98 Å². The van der Waals surface area contributed by atoms with Gasteiger partial charge in [-0.15, -0.1) is 0 Å². The smallest absolute Gasteiger partial charge is 0.337 e. The van der Waals surface area contributed by atoms with Crippen LogP contribution < -0.4 is 0 Å². The monoisotopic (exact) mass is 292 g/mol. The molecular formula is C15H20N2O4. The number of ether oxygens (including phenoxy) is 1. The molecule has 0 atom stereocenters. The molecule has 21 heavy (non-hydrogen) atoms. The van der Waals surface area contributed by atoms with Crippen LogP contribution in [0, 0.1) is 6.92 Å². The van der Waals surface area contributed by atoms with Gasteiger partial charge in [0.05, 0.1) is 17.4 Å². The number of pyridine rings is 1. The number of carboxylic acids is 1. The SMILES string of the molecule is CCOC1CCN(C(=O)c2ccc(C(=O)O)c(C)n2)CC1. The van der Waals surface area contributed by atoms with Gasteiger partial charge in [-0.1, -0.05) is 0 Å². The van der Waals surface area contributed by atoms with Crippen molar-refractivity contribution in [2.75, 3.05) is 19.7 Å². The zero-order valence-electron chi connectivity index (χ0n) is 12.3. The predicted octanol–water partition coefficient (Wildman–Crippen LogP) is 1.73. The summed E-state index contributed by atoms with van der Waals surface area (Å²) in [6, 6.07) is 2.91.